The number of aryl methyl sites for hydroxylation is 2. The lowest BCUT2D eigenvalue weighted by molar-refractivity contribution is 0.0527. The van der Waals surface area contributed by atoms with E-state index in [1.807, 2.05) is 32.9 Å². The smallest absolute Gasteiger partial charge is 0.341 e. The predicted molar refractivity (Wildman–Crippen MR) is 117 cm³/mol. The second-order valence-corrected chi connectivity index (χ2v) is 8.24. The van der Waals surface area contributed by atoms with Crippen molar-refractivity contribution >= 4 is 39.8 Å². The van der Waals surface area contributed by atoms with Crippen LogP contribution in [0.25, 0.3) is 0 Å². The monoisotopic (exact) mass is 447 g/mol. The third-order valence-electron chi connectivity index (χ3n) is 4.40. The third-order valence-corrected chi connectivity index (χ3v) is 5.84. The van der Waals surface area contributed by atoms with E-state index in [1.165, 1.54) is 16.0 Å². The molecular weight excluding hydrogens is 426 g/mol. The Bertz CT molecular complexity index is 1090. The predicted octanol–water partition coefficient (Wildman–Crippen LogP) is 4.99. The average molecular weight is 448 g/mol. The maximum atomic E-state index is 12.7. The molecule has 9 heteroatoms. The minimum Gasteiger partial charge on any atom is -0.470 e. The molecule has 2 aromatic heterocycles. The highest BCUT2D eigenvalue weighted by atomic mass is 35.5. The van der Waals surface area contributed by atoms with Gasteiger partial charge in [-0.25, -0.2) is 9.48 Å². The van der Waals surface area contributed by atoms with Gasteiger partial charge in [0.2, 0.25) is 0 Å². The quantitative estimate of drug-likeness (QED) is 0.516. The van der Waals surface area contributed by atoms with Crippen LogP contribution in [0.3, 0.4) is 0 Å². The van der Waals surface area contributed by atoms with Gasteiger partial charge in [-0.2, -0.15) is 5.10 Å². The van der Waals surface area contributed by atoms with Crippen molar-refractivity contribution in [3.63, 3.8) is 0 Å². The molecule has 7 nitrogen and oxygen atoms in total. The molecule has 0 saturated heterocycles. The van der Waals surface area contributed by atoms with Gasteiger partial charge in [-0.1, -0.05) is 17.7 Å². The van der Waals surface area contributed by atoms with Crippen molar-refractivity contribution in [2.75, 3.05) is 11.9 Å². The zero-order valence-electron chi connectivity index (χ0n) is 17.1. The van der Waals surface area contributed by atoms with E-state index in [-0.39, 0.29) is 19.0 Å². The van der Waals surface area contributed by atoms with Crippen LogP contribution >= 0.6 is 22.9 Å². The van der Waals surface area contributed by atoms with Gasteiger partial charge in [0.1, 0.15) is 10.8 Å². The summed E-state index contributed by atoms with van der Waals surface area (Å²) in [7, 11) is 0. The summed E-state index contributed by atoms with van der Waals surface area (Å²) in [5.74, 6) is -0.334. The lowest BCUT2D eigenvalue weighted by Crippen LogP contribution is -2.16. The van der Waals surface area contributed by atoms with Crippen LogP contribution in [0.1, 0.15) is 43.8 Å². The molecule has 30 heavy (non-hydrogen) atoms. The highest BCUT2D eigenvalue weighted by Crippen LogP contribution is 2.33. The number of nitrogens with zero attached hydrogens (tertiary/aromatic N) is 2. The number of hydrogen-bond acceptors (Lipinski definition) is 6. The number of halogens is 1. The second kappa shape index (κ2) is 9.32. The Morgan fingerprint density at radius 1 is 1.23 bits per heavy atom. The number of thiophene rings is 1. The van der Waals surface area contributed by atoms with Crippen LogP contribution in [0.4, 0.5) is 5.00 Å². The first-order valence-corrected chi connectivity index (χ1v) is 10.5. The number of amides is 1. The number of benzene rings is 1. The number of anilines is 1. The summed E-state index contributed by atoms with van der Waals surface area (Å²) in [5.41, 5.74) is 2.40. The fraction of sp³-hybridized carbons (Fsp3) is 0.286. The van der Waals surface area contributed by atoms with Crippen LogP contribution in [0.2, 0.25) is 5.02 Å². The van der Waals surface area contributed by atoms with Gasteiger partial charge in [0.15, 0.2) is 12.4 Å². The first-order chi connectivity index (χ1) is 14.3. The van der Waals surface area contributed by atoms with Crippen LogP contribution in [0.5, 0.6) is 5.75 Å². The van der Waals surface area contributed by atoms with Crippen molar-refractivity contribution in [1.29, 1.82) is 0 Å². The topological polar surface area (TPSA) is 82.5 Å². The number of hydrogen-bond donors (Lipinski definition) is 1. The summed E-state index contributed by atoms with van der Waals surface area (Å²) < 4.78 is 12.3. The van der Waals surface area contributed by atoms with Crippen molar-refractivity contribution in [3.8, 4) is 5.75 Å². The summed E-state index contributed by atoms with van der Waals surface area (Å²) in [6.45, 7) is 7.76. The molecule has 0 aliphatic rings. The summed E-state index contributed by atoms with van der Waals surface area (Å²) in [6, 6.07) is 7.07. The van der Waals surface area contributed by atoms with Crippen LogP contribution < -0.4 is 10.1 Å². The van der Waals surface area contributed by atoms with Crippen molar-refractivity contribution in [1.82, 2.24) is 9.78 Å². The highest BCUT2D eigenvalue weighted by molar-refractivity contribution is 7.16. The lowest BCUT2D eigenvalue weighted by atomic mass is 10.1. The Balaban J connectivity index is 1.71. The fourth-order valence-corrected chi connectivity index (χ4v) is 3.96. The van der Waals surface area contributed by atoms with Gasteiger partial charge in [0.25, 0.3) is 5.91 Å². The van der Waals surface area contributed by atoms with Gasteiger partial charge in [0, 0.05) is 11.1 Å². The molecule has 1 amide bonds. The lowest BCUT2D eigenvalue weighted by Gasteiger charge is -2.09. The molecule has 0 saturated carbocycles. The second-order valence-electron chi connectivity index (χ2n) is 6.61. The van der Waals surface area contributed by atoms with Crippen molar-refractivity contribution in [3.05, 3.63) is 62.7 Å². The minimum atomic E-state index is -0.455. The highest BCUT2D eigenvalue weighted by Gasteiger charge is 2.23. The van der Waals surface area contributed by atoms with Gasteiger partial charge < -0.3 is 14.8 Å². The summed E-state index contributed by atoms with van der Waals surface area (Å²) >= 11 is 7.46. The first kappa shape index (κ1) is 21.9. The summed E-state index contributed by atoms with van der Waals surface area (Å²) in [4.78, 5) is 25.9. The van der Waals surface area contributed by atoms with E-state index >= 15 is 0 Å². The number of esters is 1. The number of aromatic nitrogens is 2. The Labute approximate surface area is 183 Å². The largest absolute Gasteiger partial charge is 0.470 e. The molecular formula is C21H22ClN3O4S. The van der Waals surface area contributed by atoms with Gasteiger partial charge in [-0.05, 0) is 57.0 Å². The van der Waals surface area contributed by atoms with Crippen LogP contribution in [0, 0.1) is 20.8 Å². The molecule has 1 N–H and O–H groups in total. The molecule has 0 atom stereocenters. The van der Waals surface area contributed by atoms with Crippen molar-refractivity contribution < 1.29 is 19.1 Å². The normalized spacial score (nSPS) is 10.7. The molecule has 0 unspecified atom stereocenters. The molecule has 1 aromatic carbocycles. The van der Waals surface area contributed by atoms with E-state index in [0.29, 0.717) is 21.3 Å². The number of carbonyl (C=O) groups excluding carboxylic acids is 2. The average Bonchev–Trinajstić information content (AvgIpc) is 3.28. The van der Waals surface area contributed by atoms with Crippen LogP contribution in [-0.4, -0.2) is 28.3 Å². The van der Waals surface area contributed by atoms with Gasteiger partial charge in [-0.15, -0.1) is 11.3 Å². The SMILES string of the molecule is CCOC(=O)c1c(NC(=O)c2ccn(COc3cc(C)ccc3Cl)n2)sc(C)c1C. The van der Waals surface area contributed by atoms with E-state index in [0.717, 1.165) is 16.0 Å². The van der Waals surface area contributed by atoms with Crippen LogP contribution in [-0.2, 0) is 11.5 Å². The van der Waals surface area contributed by atoms with Gasteiger partial charge >= 0.3 is 5.97 Å². The summed E-state index contributed by atoms with van der Waals surface area (Å²) in [6.07, 6.45) is 1.63. The number of rotatable bonds is 7. The molecule has 0 aliphatic carbocycles. The molecule has 0 fully saturated rings. The van der Waals surface area contributed by atoms with Crippen molar-refractivity contribution in [2.24, 2.45) is 0 Å². The minimum absolute atomic E-state index is 0.0990. The summed E-state index contributed by atoms with van der Waals surface area (Å²) in [5, 5.41) is 7.96. The van der Waals surface area contributed by atoms with Crippen LogP contribution in [0.15, 0.2) is 30.5 Å². The molecule has 3 rings (SSSR count). The fourth-order valence-electron chi connectivity index (χ4n) is 2.74. The third kappa shape index (κ3) is 4.83. The molecule has 0 spiro atoms. The first-order valence-electron chi connectivity index (χ1n) is 9.31. The zero-order chi connectivity index (χ0) is 21.8. The van der Waals surface area contributed by atoms with Crippen molar-refractivity contribution in [2.45, 2.75) is 34.4 Å². The molecule has 158 valence electrons. The molecule has 3 aromatic rings. The maximum Gasteiger partial charge on any atom is 0.341 e. The molecule has 0 radical (unpaired) electrons. The van der Waals surface area contributed by atoms with Gasteiger partial charge in [0.05, 0.1) is 17.2 Å². The van der Waals surface area contributed by atoms with E-state index in [9.17, 15) is 9.59 Å². The standard InChI is InChI=1S/C21H22ClN3O4S/c1-5-28-21(27)18-13(3)14(4)30-20(18)23-19(26)16-8-9-25(24-16)11-29-17-10-12(2)6-7-15(17)22/h6-10H,5,11H2,1-4H3,(H,23,26). The molecule has 0 bridgehead atoms. The molecule has 2 heterocycles. The Hall–Kier alpha value is -2.84. The Morgan fingerprint density at radius 3 is 2.73 bits per heavy atom. The number of ether oxygens (including phenoxy) is 2. The van der Waals surface area contributed by atoms with E-state index in [1.54, 1.807) is 25.3 Å². The Kier molecular flexibility index (Phi) is 6.79. The van der Waals surface area contributed by atoms with Gasteiger partial charge in [-0.3, -0.25) is 4.79 Å². The van der Waals surface area contributed by atoms with E-state index < -0.39 is 11.9 Å². The molecule has 0 aliphatic heterocycles. The maximum absolute atomic E-state index is 12.7. The Morgan fingerprint density at radius 2 is 2.00 bits per heavy atom. The number of nitrogens with one attached hydrogen (secondary N) is 1. The van der Waals surface area contributed by atoms with E-state index in [4.69, 9.17) is 21.1 Å². The van der Waals surface area contributed by atoms with E-state index in [2.05, 4.69) is 10.4 Å². The number of carbonyl (C=O) groups is 2. The zero-order valence-corrected chi connectivity index (χ0v) is 18.7.